The lowest BCUT2D eigenvalue weighted by molar-refractivity contribution is -0.130. The van der Waals surface area contributed by atoms with Crippen LogP contribution in [-0.2, 0) is 11.2 Å². The highest BCUT2D eigenvalue weighted by atomic mass is 16.5. The summed E-state index contributed by atoms with van der Waals surface area (Å²) in [6.45, 7) is 4.52. The van der Waals surface area contributed by atoms with Gasteiger partial charge in [0.05, 0.1) is 19.0 Å². The van der Waals surface area contributed by atoms with Gasteiger partial charge in [-0.2, -0.15) is 0 Å². The number of aromatic nitrogens is 1. The zero-order valence-corrected chi connectivity index (χ0v) is 16.4. The molecule has 2 amide bonds. The van der Waals surface area contributed by atoms with Gasteiger partial charge in [-0.05, 0) is 30.2 Å². The fraction of sp³-hybridized carbons (Fsp3) is 0.381. The molecule has 2 heterocycles. The molecule has 1 aliphatic rings. The second kappa shape index (κ2) is 9.21. The fourth-order valence-electron chi connectivity index (χ4n) is 3.26. The summed E-state index contributed by atoms with van der Waals surface area (Å²) in [6.07, 6.45) is 2.51. The van der Waals surface area contributed by atoms with Crippen LogP contribution in [0.15, 0.2) is 42.6 Å². The van der Waals surface area contributed by atoms with Crippen LogP contribution in [0.2, 0.25) is 0 Å². The van der Waals surface area contributed by atoms with E-state index in [1.807, 2.05) is 30.3 Å². The lowest BCUT2D eigenvalue weighted by Gasteiger charge is -2.34. The third kappa shape index (κ3) is 4.79. The van der Waals surface area contributed by atoms with Gasteiger partial charge >= 0.3 is 0 Å². The molecule has 28 heavy (non-hydrogen) atoms. The summed E-state index contributed by atoms with van der Waals surface area (Å²) in [7, 11) is 1.67. The van der Waals surface area contributed by atoms with Gasteiger partial charge in [0.2, 0.25) is 5.91 Å². The normalized spacial score (nSPS) is 13.9. The van der Waals surface area contributed by atoms with Crippen LogP contribution in [0.4, 0.5) is 5.69 Å². The minimum absolute atomic E-state index is 0.0498. The van der Waals surface area contributed by atoms with Crippen LogP contribution < -0.4 is 10.1 Å². The Bertz CT molecular complexity index is 815. The molecule has 0 radical (unpaired) electrons. The van der Waals surface area contributed by atoms with Gasteiger partial charge in [-0.3, -0.25) is 9.59 Å². The average Bonchev–Trinajstić information content (AvgIpc) is 2.74. The van der Waals surface area contributed by atoms with Crippen molar-refractivity contribution in [2.24, 2.45) is 0 Å². The van der Waals surface area contributed by atoms with Crippen LogP contribution in [0.5, 0.6) is 5.75 Å². The van der Waals surface area contributed by atoms with Crippen LogP contribution in [-0.4, -0.2) is 66.4 Å². The highest BCUT2D eigenvalue weighted by Gasteiger charge is 2.23. The molecule has 0 saturated carbocycles. The second-order valence-corrected chi connectivity index (χ2v) is 6.72. The molecule has 0 unspecified atom stereocenters. The molecular weight excluding hydrogens is 356 g/mol. The van der Waals surface area contributed by atoms with Crippen molar-refractivity contribution in [3.63, 3.8) is 0 Å². The molecule has 1 N–H and O–H groups in total. The number of piperazine rings is 1. The van der Waals surface area contributed by atoms with E-state index in [4.69, 9.17) is 4.74 Å². The van der Waals surface area contributed by atoms with Crippen molar-refractivity contribution in [3.05, 3.63) is 53.9 Å². The predicted octanol–water partition coefficient (Wildman–Crippen LogP) is 2.05. The van der Waals surface area contributed by atoms with Crippen molar-refractivity contribution in [2.45, 2.75) is 13.3 Å². The van der Waals surface area contributed by atoms with Crippen LogP contribution >= 0.6 is 0 Å². The van der Waals surface area contributed by atoms with Crippen LogP contribution in [0.25, 0.3) is 0 Å². The maximum Gasteiger partial charge on any atom is 0.272 e. The lowest BCUT2D eigenvalue weighted by Crippen LogP contribution is -2.50. The first-order valence-electron chi connectivity index (χ1n) is 9.45. The zero-order chi connectivity index (χ0) is 19.9. The first-order valence-corrected chi connectivity index (χ1v) is 9.45. The summed E-state index contributed by atoms with van der Waals surface area (Å²) in [5, 5.41) is 3.32. The Kier molecular flexibility index (Phi) is 6.47. The number of para-hydroxylation sites is 1. The van der Waals surface area contributed by atoms with Gasteiger partial charge in [0, 0.05) is 39.6 Å². The molecule has 148 valence electrons. The van der Waals surface area contributed by atoms with Gasteiger partial charge < -0.3 is 19.9 Å². The van der Waals surface area contributed by atoms with Gasteiger partial charge in [-0.15, -0.1) is 0 Å². The third-order valence-electron chi connectivity index (χ3n) is 4.91. The van der Waals surface area contributed by atoms with Gasteiger partial charge in [0.1, 0.15) is 11.4 Å². The van der Waals surface area contributed by atoms with E-state index in [0.717, 1.165) is 30.0 Å². The van der Waals surface area contributed by atoms with E-state index in [-0.39, 0.29) is 11.8 Å². The number of ether oxygens (including phenoxy) is 1. The summed E-state index contributed by atoms with van der Waals surface area (Å²) >= 11 is 0. The summed E-state index contributed by atoms with van der Waals surface area (Å²) in [6, 6.07) is 11.6. The number of benzene rings is 1. The summed E-state index contributed by atoms with van der Waals surface area (Å²) in [4.78, 5) is 31.8. The van der Waals surface area contributed by atoms with Crippen molar-refractivity contribution in [3.8, 4) is 5.75 Å². The molecule has 3 rings (SSSR count). The third-order valence-corrected chi connectivity index (χ3v) is 4.91. The number of nitrogens with one attached hydrogen (secondary N) is 1. The topological polar surface area (TPSA) is 74.8 Å². The quantitative estimate of drug-likeness (QED) is 0.828. The number of amides is 2. The zero-order valence-electron chi connectivity index (χ0n) is 16.4. The number of carbonyl (C=O) groups excluding carboxylic acids is 2. The Morgan fingerprint density at radius 1 is 1.07 bits per heavy atom. The number of rotatable bonds is 6. The number of pyridine rings is 1. The van der Waals surface area contributed by atoms with E-state index >= 15 is 0 Å². The lowest BCUT2D eigenvalue weighted by atomic mass is 10.1. The number of carbonyl (C=O) groups is 2. The van der Waals surface area contributed by atoms with Crippen molar-refractivity contribution >= 4 is 17.5 Å². The second-order valence-electron chi connectivity index (χ2n) is 6.72. The van der Waals surface area contributed by atoms with Crippen LogP contribution in [0.3, 0.4) is 0 Å². The van der Waals surface area contributed by atoms with E-state index in [1.165, 1.54) is 0 Å². The highest BCUT2D eigenvalue weighted by Crippen LogP contribution is 2.18. The molecule has 1 aromatic carbocycles. The Morgan fingerprint density at radius 3 is 2.43 bits per heavy atom. The number of anilines is 1. The summed E-state index contributed by atoms with van der Waals surface area (Å²) in [5.41, 5.74) is 2.43. The van der Waals surface area contributed by atoms with Gasteiger partial charge in [0.15, 0.2) is 0 Å². The largest absolute Gasteiger partial charge is 0.496 e. The molecule has 2 aromatic rings. The summed E-state index contributed by atoms with van der Waals surface area (Å²) in [5.74, 6) is 0.839. The van der Waals surface area contributed by atoms with E-state index < -0.39 is 0 Å². The van der Waals surface area contributed by atoms with E-state index in [2.05, 4.69) is 10.3 Å². The molecule has 0 atom stereocenters. The first-order chi connectivity index (χ1) is 13.6. The van der Waals surface area contributed by atoms with Crippen molar-refractivity contribution in [1.29, 1.82) is 0 Å². The fourth-order valence-corrected chi connectivity index (χ4v) is 3.26. The molecule has 0 aliphatic carbocycles. The molecule has 7 nitrogen and oxygen atoms in total. The molecule has 1 fully saturated rings. The van der Waals surface area contributed by atoms with E-state index in [1.54, 1.807) is 36.1 Å². The van der Waals surface area contributed by atoms with Gasteiger partial charge in [-0.1, -0.05) is 18.2 Å². The van der Waals surface area contributed by atoms with Crippen molar-refractivity contribution in [2.75, 3.05) is 45.2 Å². The molecule has 0 bridgehead atoms. The summed E-state index contributed by atoms with van der Waals surface area (Å²) < 4.78 is 5.36. The Labute approximate surface area is 165 Å². The minimum atomic E-state index is -0.0937. The average molecular weight is 382 g/mol. The standard InChI is InChI=1S/C21H26N4O3/c1-16(26)24-11-13-25(14-12-24)21(27)19-8-7-18(15-23-19)22-10-9-17-5-3-4-6-20(17)28-2/h3-8,15,22H,9-14H2,1-2H3. The minimum Gasteiger partial charge on any atom is -0.496 e. The SMILES string of the molecule is COc1ccccc1CCNc1ccc(C(=O)N2CCN(C(C)=O)CC2)nc1. The van der Waals surface area contributed by atoms with Gasteiger partial charge in [0.25, 0.3) is 5.91 Å². The van der Waals surface area contributed by atoms with Crippen molar-refractivity contribution in [1.82, 2.24) is 14.8 Å². The Balaban J connectivity index is 1.51. The molecule has 7 heteroatoms. The van der Waals surface area contributed by atoms with Gasteiger partial charge in [-0.25, -0.2) is 4.98 Å². The predicted molar refractivity (Wildman–Crippen MR) is 108 cm³/mol. The van der Waals surface area contributed by atoms with Crippen LogP contribution in [0, 0.1) is 0 Å². The molecule has 1 saturated heterocycles. The molecule has 1 aromatic heterocycles. The highest BCUT2D eigenvalue weighted by molar-refractivity contribution is 5.92. The maximum atomic E-state index is 12.6. The van der Waals surface area contributed by atoms with E-state index in [0.29, 0.717) is 31.9 Å². The van der Waals surface area contributed by atoms with E-state index in [9.17, 15) is 9.59 Å². The smallest absolute Gasteiger partial charge is 0.272 e. The Hall–Kier alpha value is -3.09. The van der Waals surface area contributed by atoms with Crippen LogP contribution in [0.1, 0.15) is 23.0 Å². The maximum absolute atomic E-state index is 12.6. The molecule has 1 aliphatic heterocycles. The number of hydrogen-bond acceptors (Lipinski definition) is 5. The van der Waals surface area contributed by atoms with Crippen molar-refractivity contribution < 1.29 is 14.3 Å². The number of nitrogens with zero attached hydrogens (tertiary/aromatic N) is 3. The molecular formula is C21H26N4O3. The Morgan fingerprint density at radius 2 is 1.79 bits per heavy atom. The monoisotopic (exact) mass is 382 g/mol. The first kappa shape index (κ1) is 19.7. The number of methoxy groups -OCH3 is 1. The number of hydrogen-bond donors (Lipinski definition) is 1. The molecule has 0 spiro atoms.